The predicted molar refractivity (Wildman–Crippen MR) is 55.2 cm³/mol. The van der Waals surface area contributed by atoms with E-state index in [1.54, 1.807) is 12.2 Å². The van der Waals surface area contributed by atoms with Crippen LogP contribution in [0.2, 0.25) is 0 Å². The monoisotopic (exact) mass is 188 g/mol. The maximum Gasteiger partial charge on any atom is 0.212 e. The lowest BCUT2D eigenvalue weighted by atomic mass is 10.6. The van der Waals surface area contributed by atoms with Gasteiger partial charge in [0.1, 0.15) is 0 Å². The Hall–Kier alpha value is -0.280. The summed E-state index contributed by atoms with van der Waals surface area (Å²) in [5.74, 6) is 0.896. The van der Waals surface area contributed by atoms with E-state index in [4.69, 9.17) is 0 Å². The third-order valence-electron chi connectivity index (χ3n) is 1.31. The fourth-order valence-electron chi connectivity index (χ4n) is 0.604. The van der Waals surface area contributed by atoms with Crippen LogP contribution in [0.4, 0.5) is 0 Å². The quantitative estimate of drug-likeness (QED) is 0.491. The van der Waals surface area contributed by atoms with Crippen molar-refractivity contribution in [3.63, 3.8) is 0 Å². The van der Waals surface area contributed by atoms with Gasteiger partial charge in [-0.15, -0.1) is 0 Å². The van der Waals surface area contributed by atoms with Crippen LogP contribution in [-0.4, -0.2) is 43.0 Å². The second-order valence-electron chi connectivity index (χ2n) is 3.68. The molecule has 0 aromatic heterocycles. The smallest absolute Gasteiger partial charge is 0.212 e. The molecule has 2 nitrogen and oxygen atoms in total. The first kappa shape index (κ1) is 11.7. The van der Waals surface area contributed by atoms with Crippen LogP contribution in [0.5, 0.6) is 0 Å². The Morgan fingerprint density at radius 2 is 2.00 bits per heavy atom. The van der Waals surface area contributed by atoms with Crippen molar-refractivity contribution in [3.05, 3.63) is 12.2 Å². The molecule has 12 heavy (non-hydrogen) atoms. The molecule has 0 aliphatic carbocycles. The van der Waals surface area contributed by atoms with Crippen molar-refractivity contribution in [1.29, 1.82) is 0 Å². The van der Waals surface area contributed by atoms with Gasteiger partial charge >= 0.3 is 0 Å². The second kappa shape index (κ2) is 5.38. The number of hydrogen-bond donors (Lipinski definition) is 0. The van der Waals surface area contributed by atoms with Gasteiger partial charge in [-0.25, -0.2) is 0 Å². The molecule has 0 saturated heterocycles. The molecule has 0 unspecified atom stereocenters. The van der Waals surface area contributed by atoms with Crippen LogP contribution < -0.4 is 0 Å². The van der Waals surface area contributed by atoms with Crippen molar-refractivity contribution < 1.29 is 9.28 Å². The highest BCUT2D eigenvalue weighted by molar-refractivity contribution is 8.14. The second-order valence-corrected chi connectivity index (χ2v) is 4.78. The van der Waals surface area contributed by atoms with Crippen LogP contribution in [0.15, 0.2) is 12.2 Å². The van der Waals surface area contributed by atoms with E-state index >= 15 is 0 Å². The molecule has 0 radical (unpaired) electrons. The third kappa shape index (κ3) is 7.82. The lowest BCUT2D eigenvalue weighted by Crippen LogP contribution is -2.36. The van der Waals surface area contributed by atoms with E-state index in [-0.39, 0.29) is 5.12 Å². The van der Waals surface area contributed by atoms with Gasteiger partial charge in [-0.1, -0.05) is 17.8 Å². The van der Waals surface area contributed by atoms with Crippen LogP contribution >= 0.6 is 11.8 Å². The summed E-state index contributed by atoms with van der Waals surface area (Å²) >= 11 is 1.39. The molecule has 0 aromatic rings. The molecule has 70 valence electrons. The molecule has 0 rings (SSSR count). The number of nitrogens with zero attached hydrogens (tertiary/aromatic N) is 1. The molecule has 0 fully saturated rings. The minimum absolute atomic E-state index is 0.158. The topological polar surface area (TPSA) is 17.1 Å². The number of hydrogen-bond acceptors (Lipinski definition) is 2. The van der Waals surface area contributed by atoms with Crippen LogP contribution in [0.1, 0.15) is 6.92 Å². The Bertz CT molecular complexity index is 170. The summed E-state index contributed by atoms with van der Waals surface area (Å²) < 4.78 is 0.913. The van der Waals surface area contributed by atoms with Gasteiger partial charge in [-0.05, 0) is 13.0 Å². The normalized spacial score (nSPS) is 12.3. The highest BCUT2D eigenvalue weighted by Gasteiger charge is 2.07. The lowest BCUT2D eigenvalue weighted by molar-refractivity contribution is -0.867. The Labute approximate surface area is 79.2 Å². The molecule has 0 aromatic carbocycles. The lowest BCUT2D eigenvalue weighted by Gasteiger charge is -2.22. The molecule has 3 heteroatoms. The van der Waals surface area contributed by atoms with Crippen molar-refractivity contribution in [1.82, 2.24) is 0 Å². The maximum atomic E-state index is 11.0. The summed E-state index contributed by atoms with van der Waals surface area (Å²) in [6.45, 7) is 2.88. The van der Waals surface area contributed by atoms with E-state index in [0.29, 0.717) is 0 Å². The largest absolute Gasteiger partial charge is 0.330 e. The van der Waals surface area contributed by atoms with Gasteiger partial charge in [0.05, 0.1) is 33.4 Å². The van der Waals surface area contributed by atoms with Gasteiger partial charge in [0.15, 0.2) is 0 Å². The first-order valence-electron chi connectivity index (χ1n) is 4.05. The molecule has 0 atom stereocenters. The SMILES string of the molecule is CC=CC(=O)SCC[N+](C)(C)C. The minimum atomic E-state index is 0.158. The summed E-state index contributed by atoms with van der Waals surface area (Å²) in [5.41, 5.74) is 0. The molecular formula is C9H18NOS+. The molecule has 0 amide bonds. The van der Waals surface area contributed by atoms with Crippen molar-refractivity contribution in [2.45, 2.75) is 6.92 Å². The number of rotatable bonds is 4. The Balaban J connectivity index is 3.51. The molecule has 0 bridgehead atoms. The molecule has 0 N–H and O–H groups in total. The van der Waals surface area contributed by atoms with Gasteiger partial charge < -0.3 is 4.48 Å². The van der Waals surface area contributed by atoms with Crippen LogP contribution in [0.25, 0.3) is 0 Å². The Morgan fingerprint density at radius 1 is 1.42 bits per heavy atom. The van der Waals surface area contributed by atoms with Crippen molar-refractivity contribution >= 4 is 16.9 Å². The van der Waals surface area contributed by atoms with Crippen LogP contribution in [-0.2, 0) is 4.79 Å². The van der Waals surface area contributed by atoms with Gasteiger partial charge in [-0.3, -0.25) is 4.79 Å². The summed E-state index contributed by atoms with van der Waals surface area (Å²) in [5, 5.41) is 0.158. The highest BCUT2D eigenvalue weighted by atomic mass is 32.2. The first-order valence-corrected chi connectivity index (χ1v) is 5.04. The van der Waals surface area contributed by atoms with E-state index < -0.39 is 0 Å². The van der Waals surface area contributed by atoms with Gasteiger partial charge in [0.25, 0.3) is 0 Å². The van der Waals surface area contributed by atoms with Crippen molar-refractivity contribution in [2.24, 2.45) is 0 Å². The fraction of sp³-hybridized carbons (Fsp3) is 0.667. The number of quaternary nitrogens is 1. The number of allylic oxidation sites excluding steroid dienone is 1. The van der Waals surface area contributed by atoms with Crippen molar-refractivity contribution in [3.8, 4) is 0 Å². The zero-order chi connectivity index (χ0) is 9.61. The minimum Gasteiger partial charge on any atom is -0.330 e. The van der Waals surface area contributed by atoms with Gasteiger partial charge in [-0.2, -0.15) is 0 Å². The summed E-state index contributed by atoms with van der Waals surface area (Å²) in [4.78, 5) is 11.0. The van der Waals surface area contributed by atoms with E-state index in [1.807, 2.05) is 6.92 Å². The van der Waals surface area contributed by atoms with Crippen LogP contribution in [0.3, 0.4) is 0 Å². The fourth-order valence-corrected chi connectivity index (χ4v) is 1.68. The van der Waals surface area contributed by atoms with E-state index in [2.05, 4.69) is 21.1 Å². The zero-order valence-corrected chi connectivity index (χ0v) is 9.15. The standard InChI is InChI=1S/C9H18NOS/c1-5-6-9(11)12-8-7-10(2,3)4/h5-6H,7-8H2,1-4H3/q+1. The molecule has 0 aliphatic heterocycles. The maximum absolute atomic E-state index is 11.0. The average Bonchev–Trinajstić information content (AvgIpc) is 1.84. The Kier molecular flexibility index (Phi) is 5.25. The molecule has 0 saturated carbocycles. The summed E-state index contributed by atoms with van der Waals surface area (Å²) in [7, 11) is 6.38. The molecule has 0 spiro atoms. The number of carbonyl (C=O) groups excluding carboxylic acids is 1. The Morgan fingerprint density at radius 3 is 2.42 bits per heavy atom. The molecular weight excluding hydrogens is 170 g/mol. The third-order valence-corrected chi connectivity index (χ3v) is 2.12. The van der Waals surface area contributed by atoms with E-state index in [0.717, 1.165) is 16.8 Å². The van der Waals surface area contributed by atoms with Gasteiger partial charge in [0, 0.05) is 0 Å². The van der Waals surface area contributed by atoms with Gasteiger partial charge in [0.2, 0.25) is 5.12 Å². The predicted octanol–water partition coefficient (Wildman–Crippen LogP) is 1.53. The van der Waals surface area contributed by atoms with Crippen LogP contribution in [0, 0.1) is 0 Å². The summed E-state index contributed by atoms with van der Waals surface area (Å²) in [6.07, 6.45) is 3.39. The van der Waals surface area contributed by atoms with Crippen molar-refractivity contribution in [2.75, 3.05) is 33.4 Å². The zero-order valence-electron chi connectivity index (χ0n) is 8.33. The van der Waals surface area contributed by atoms with E-state index in [1.165, 1.54) is 11.8 Å². The highest BCUT2D eigenvalue weighted by Crippen LogP contribution is 2.04. The molecule has 0 aliphatic rings. The van der Waals surface area contributed by atoms with E-state index in [9.17, 15) is 4.79 Å². The number of carbonyl (C=O) groups is 1. The summed E-state index contributed by atoms with van der Waals surface area (Å²) in [6, 6.07) is 0. The molecule has 0 heterocycles. The first-order chi connectivity index (χ1) is 5.45. The number of thioether (sulfide) groups is 1. The average molecular weight is 188 g/mol.